The number of anilines is 1. The Morgan fingerprint density at radius 2 is 1.73 bits per heavy atom. The number of rotatable bonds is 4. The number of benzene rings is 2. The summed E-state index contributed by atoms with van der Waals surface area (Å²) in [7, 11) is -7.48. The van der Waals surface area contributed by atoms with Gasteiger partial charge in [-0.05, 0) is 49.4 Å². The summed E-state index contributed by atoms with van der Waals surface area (Å²) in [6.45, 7) is 1.85. The average Bonchev–Trinajstić information content (AvgIpc) is 2.94. The first kappa shape index (κ1) is 20.9. The molecule has 11 heteroatoms. The molecule has 0 radical (unpaired) electrons. The van der Waals surface area contributed by atoms with Crippen molar-refractivity contribution in [2.24, 2.45) is 4.40 Å². The molecular weight excluding hydrogens is 431 g/mol. The second-order valence-electron chi connectivity index (χ2n) is 7.12. The molecule has 2 aromatic rings. The van der Waals surface area contributed by atoms with Crippen LogP contribution in [0.1, 0.15) is 6.42 Å². The molecule has 2 aliphatic rings. The molecule has 1 fully saturated rings. The summed E-state index contributed by atoms with van der Waals surface area (Å²) in [5.74, 6) is -0.184. The van der Waals surface area contributed by atoms with Crippen LogP contribution in [-0.4, -0.2) is 64.6 Å². The minimum Gasteiger partial charge on any atom is -0.341 e. The average molecular weight is 453 g/mol. The van der Waals surface area contributed by atoms with E-state index in [-0.39, 0.29) is 22.9 Å². The molecule has 0 unspecified atom stereocenters. The highest BCUT2D eigenvalue weighted by molar-refractivity contribution is 7.90. The summed E-state index contributed by atoms with van der Waals surface area (Å²) in [5, 5.41) is 3.05. The van der Waals surface area contributed by atoms with Gasteiger partial charge in [0.05, 0.1) is 17.1 Å². The van der Waals surface area contributed by atoms with Crippen molar-refractivity contribution in [1.82, 2.24) is 9.21 Å². The molecule has 1 saturated heterocycles. The molecule has 160 valence electrons. The largest absolute Gasteiger partial charge is 0.341 e. The van der Waals surface area contributed by atoms with Crippen LogP contribution in [0.2, 0.25) is 0 Å². The predicted molar refractivity (Wildman–Crippen MR) is 111 cm³/mol. The topological polar surface area (TPSA) is 99.2 Å². The van der Waals surface area contributed by atoms with Gasteiger partial charge in [0, 0.05) is 19.6 Å². The van der Waals surface area contributed by atoms with Crippen LogP contribution in [0.3, 0.4) is 0 Å². The number of sulfonamides is 2. The van der Waals surface area contributed by atoms with E-state index >= 15 is 0 Å². The summed E-state index contributed by atoms with van der Waals surface area (Å²) < 4.78 is 68.9. The highest BCUT2D eigenvalue weighted by Gasteiger charge is 2.29. The minimum atomic E-state index is -3.76. The van der Waals surface area contributed by atoms with Gasteiger partial charge in [0.1, 0.15) is 16.5 Å². The first-order valence-corrected chi connectivity index (χ1v) is 12.3. The molecule has 2 aromatic carbocycles. The molecule has 2 aliphatic heterocycles. The molecule has 4 rings (SSSR count). The van der Waals surface area contributed by atoms with E-state index in [9.17, 15) is 21.2 Å². The number of nitrogens with one attached hydrogen (secondary N) is 1. The lowest BCUT2D eigenvalue weighted by Gasteiger charge is -2.24. The van der Waals surface area contributed by atoms with Crippen molar-refractivity contribution < 1.29 is 21.2 Å². The van der Waals surface area contributed by atoms with E-state index in [1.165, 1.54) is 22.5 Å². The van der Waals surface area contributed by atoms with E-state index in [2.05, 4.69) is 9.71 Å². The molecule has 0 saturated carbocycles. The van der Waals surface area contributed by atoms with E-state index in [0.717, 1.165) is 12.1 Å². The Hall–Kier alpha value is -2.34. The molecule has 0 amide bonds. The van der Waals surface area contributed by atoms with Gasteiger partial charge in [0.15, 0.2) is 0 Å². The molecule has 30 heavy (non-hydrogen) atoms. The summed E-state index contributed by atoms with van der Waals surface area (Å²) in [6, 6.07) is 11.3. The van der Waals surface area contributed by atoms with E-state index in [4.69, 9.17) is 0 Å². The van der Waals surface area contributed by atoms with E-state index in [1.54, 1.807) is 18.2 Å². The zero-order chi connectivity index (χ0) is 21.4. The quantitative estimate of drug-likeness (QED) is 0.759. The van der Waals surface area contributed by atoms with Gasteiger partial charge in [-0.15, -0.1) is 4.40 Å². The van der Waals surface area contributed by atoms with Crippen LogP contribution in [0.25, 0.3) is 0 Å². The van der Waals surface area contributed by atoms with Gasteiger partial charge < -0.3 is 5.32 Å². The van der Waals surface area contributed by atoms with Crippen LogP contribution >= 0.6 is 0 Å². The molecule has 0 aliphatic carbocycles. The fraction of sp³-hybridized carbons (Fsp3) is 0.316. The second-order valence-corrected chi connectivity index (χ2v) is 10.6. The lowest BCUT2D eigenvalue weighted by molar-refractivity contribution is 0.324. The van der Waals surface area contributed by atoms with Gasteiger partial charge in [-0.2, -0.15) is 12.7 Å². The molecule has 0 spiro atoms. The number of hydrogen-bond acceptors (Lipinski definition) is 6. The number of nitrogens with zero attached hydrogens (tertiary/aromatic N) is 3. The molecule has 0 bridgehead atoms. The Morgan fingerprint density at radius 1 is 1.00 bits per heavy atom. The van der Waals surface area contributed by atoms with Crippen molar-refractivity contribution in [1.29, 1.82) is 0 Å². The molecular formula is C19H21FN4O4S2. The lowest BCUT2D eigenvalue weighted by atomic mass is 10.3. The minimum absolute atomic E-state index is 0.0540. The van der Waals surface area contributed by atoms with Gasteiger partial charge in [-0.25, -0.2) is 12.8 Å². The van der Waals surface area contributed by atoms with Crippen molar-refractivity contribution in [3.63, 3.8) is 0 Å². The van der Waals surface area contributed by atoms with Gasteiger partial charge in [0.2, 0.25) is 10.0 Å². The third kappa shape index (κ3) is 4.24. The third-order valence-corrected chi connectivity index (χ3v) is 8.33. The molecule has 2 heterocycles. The second kappa shape index (κ2) is 8.06. The van der Waals surface area contributed by atoms with Crippen LogP contribution in [0.5, 0.6) is 0 Å². The normalized spacial score (nSPS) is 20.0. The third-order valence-electron chi connectivity index (χ3n) is 5.05. The fourth-order valence-electron chi connectivity index (χ4n) is 3.55. The number of fused-ring (bicyclic) bond motifs is 1. The molecule has 1 N–H and O–H groups in total. The van der Waals surface area contributed by atoms with Crippen LogP contribution in [0.15, 0.2) is 62.7 Å². The monoisotopic (exact) mass is 452 g/mol. The lowest BCUT2D eigenvalue weighted by Crippen LogP contribution is -2.39. The Labute approximate surface area is 175 Å². The maximum atomic E-state index is 13.1. The van der Waals surface area contributed by atoms with Crippen molar-refractivity contribution in [2.75, 3.05) is 38.0 Å². The van der Waals surface area contributed by atoms with Crippen molar-refractivity contribution in [3.8, 4) is 0 Å². The van der Waals surface area contributed by atoms with Crippen molar-refractivity contribution >= 4 is 31.6 Å². The van der Waals surface area contributed by atoms with E-state index < -0.39 is 25.9 Å². The zero-order valence-electron chi connectivity index (χ0n) is 16.0. The molecule has 0 atom stereocenters. The molecule has 8 nitrogen and oxygen atoms in total. The summed E-state index contributed by atoms with van der Waals surface area (Å²) in [5.41, 5.74) is 0.484. The van der Waals surface area contributed by atoms with Gasteiger partial charge in [0.25, 0.3) is 10.0 Å². The number of hydrogen-bond donors (Lipinski definition) is 1. The van der Waals surface area contributed by atoms with E-state index in [0.29, 0.717) is 37.6 Å². The Kier molecular flexibility index (Phi) is 5.62. The number of amidine groups is 1. The Morgan fingerprint density at radius 3 is 2.50 bits per heavy atom. The van der Waals surface area contributed by atoms with Crippen LogP contribution in [0.4, 0.5) is 10.1 Å². The van der Waals surface area contributed by atoms with Gasteiger partial charge in [-0.1, -0.05) is 12.1 Å². The fourth-order valence-corrected chi connectivity index (χ4v) is 6.16. The van der Waals surface area contributed by atoms with Crippen molar-refractivity contribution in [2.45, 2.75) is 16.2 Å². The SMILES string of the molecule is O=S1(=O)N=C(CN2CCCN(S(=O)(=O)c3ccc(F)cc3)CC2)Nc2ccccc21. The summed E-state index contributed by atoms with van der Waals surface area (Å²) in [6.07, 6.45) is 0.580. The molecule has 0 aromatic heterocycles. The van der Waals surface area contributed by atoms with Gasteiger partial charge in [-0.3, -0.25) is 4.90 Å². The maximum Gasteiger partial charge on any atom is 0.286 e. The highest BCUT2D eigenvalue weighted by atomic mass is 32.2. The van der Waals surface area contributed by atoms with Crippen LogP contribution in [-0.2, 0) is 20.0 Å². The van der Waals surface area contributed by atoms with Crippen LogP contribution in [0, 0.1) is 5.82 Å². The Bertz CT molecular complexity index is 1180. The highest BCUT2D eigenvalue weighted by Crippen LogP contribution is 2.27. The first-order valence-electron chi connectivity index (χ1n) is 9.44. The Balaban J connectivity index is 1.45. The number of halogens is 1. The van der Waals surface area contributed by atoms with Gasteiger partial charge >= 0.3 is 0 Å². The summed E-state index contributed by atoms with van der Waals surface area (Å²) >= 11 is 0. The van der Waals surface area contributed by atoms with Crippen molar-refractivity contribution in [3.05, 3.63) is 54.3 Å². The first-order chi connectivity index (χ1) is 14.3. The van der Waals surface area contributed by atoms with Crippen LogP contribution < -0.4 is 5.32 Å². The summed E-state index contributed by atoms with van der Waals surface area (Å²) in [4.78, 5) is 2.16. The number of para-hydroxylation sites is 1. The smallest absolute Gasteiger partial charge is 0.286 e. The van der Waals surface area contributed by atoms with E-state index in [1.807, 2.05) is 4.90 Å². The maximum absolute atomic E-state index is 13.1. The zero-order valence-corrected chi connectivity index (χ0v) is 17.7. The predicted octanol–water partition coefficient (Wildman–Crippen LogP) is 1.73. The standard InChI is InChI=1S/C19H21FN4O4S2/c20-15-6-8-16(9-7-15)30(27,28)24-11-3-10-23(12-13-24)14-19-21-17-4-1-2-5-18(17)29(25,26)22-19/h1-2,4-9H,3,10-14H2,(H,21,22).